The third kappa shape index (κ3) is 3.44. The lowest BCUT2D eigenvalue weighted by atomic mass is 10.4. The van der Waals surface area contributed by atoms with Gasteiger partial charge < -0.3 is 10.1 Å². The lowest BCUT2D eigenvalue weighted by molar-refractivity contribution is 0.0383. The monoisotopic (exact) mass is 272 g/mol. The number of aromatic nitrogens is 2. The van der Waals surface area contributed by atoms with Gasteiger partial charge >= 0.3 is 0 Å². The molecule has 18 heavy (non-hydrogen) atoms. The number of hydrogen-bond donors (Lipinski definition) is 1. The van der Waals surface area contributed by atoms with Gasteiger partial charge in [0.2, 0.25) is 0 Å². The van der Waals surface area contributed by atoms with E-state index in [1.807, 2.05) is 0 Å². The van der Waals surface area contributed by atoms with E-state index in [0.29, 0.717) is 11.6 Å². The second-order valence-electron chi connectivity index (χ2n) is 4.21. The lowest BCUT2D eigenvalue weighted by Crippen LogP contribution is -2.41. The van der Waals surface area contributed by atoms with E-state index in [1.54, 1.807) is 13.2 Å². The molecule has 1 fully saturated rings. The van der Waals surface area contributed by atoms with Crippen molar-refractivity contribution in [1.29, 1.82) is 0 Å². The molecule has 1 aliphatic rings. The van der Waals surface area contributed by atoms with Crippen LogP contribution in [0.4, 0.5) is 0 Å². The van der Waals surface area contributed by atoms with Gasteiger partial charge in [0.15, 0.2) is 5.69 Å². The van der Waals surface area contributed by atoms with Crippen LogP contribution in [0.2, 0.25) is 5.02 Å². The molecule has 100 valence electrons. The average molecular weight is 273 g/mol. The summed E-state index contributed by atoms with van der Waals surface area (Å²) in [4.78, 5) is 14.1. The van der Waals surface area contributed by atoms with Crippen molar-refractivity contribution in [1.82, 2.24) is 20.0 Å². The largest absolute Gasteiger partial charge is 0.379 e. The van der Waals surface area contributed by atoms with Gasteiger partial charge in [-0.15, -0.1) is 0 Å². The summed E-state index contributed by atoms with van der Waals surface area (Å²) < 4.78 is 6.78. The van der Waals surface area contributed by atoms with E-state index in [1.165, 1.54) is 4.68 Å². The Labute approximate surface area is 111 Å². The molecule has 0 bridgehead atoms. The van der Waals surface area contributed by atoms with Gasteiger partial charge in [-0.2, -0.15) is 5.10 Å². The third-order valence-corrected chi connectivity index (χ3v) is 3.09. The number of hydrogen-bond acceptors (Lipinski definition) is 4. The second kappa shape index (κ2) is 6.17. The van der Waals surface area contributed by atoms with Crippen LogP contribution >= 0.6 is 11.6 Å². The van der Waals surface area contributed by atoms with Crippen molar-refractivity contribution in [3.05, 3.63) is 16.9 Å². The Morgan fingerprint density at radius 1 is 1.56 bits per heavy atom. The summed E-state index contributed by atoms with van der Waals surface area (Å²) in [6, 6.07) is 0. The van der Waals surface area contributed by atoms with Crippen LogP contribution in [0, 0.1) is 0 Å². The SMILES string of the molecule is Cn1cc(Cl)c(C(=O)NCCN2CCOCC2)n1. The molecule has 1 aromatic heterocycles. The fraction of sp³-hybridized carbons (Fsp3) is 0.636. The highest BCUT2D eigenvalue weighted by Gasteiger charge is 2.15. The molecule has 0 aromatic carbocycles. The van der Waals surface area contributed by atoms with Gasteiger partial charge in [0.05, 0.1) is 18.2 Å². The number of nitrogens with one attached hydrogen (secondary N) is 1. The smallest absolute Gasteiger partial charge is 0.273 e. The first-order valence-electron chi connectivity index (χ1n) is 5.94. The fourth-order valence-corrected chi connectivity index (χ4v) is 2.11. The molecule has 7 heteroatoms. The Hall–Kier alpha value is -1.11. The maximum absolute atomic E-state index is 11.8. The summed E-state index contributed by atoms with van der Waals surface area (Å²) in [5, 5.41) is 7.21. The maximum atomic E-state index is 11.8. The minimum atomic E-state index is -0.228. The first-order chi connectivity index (χ1) is 8.66. The number of nitrogens with zero attached hydrogens (tertiary/aromatic N) is 3. The highest BCUT2D eigenvalue weighted by atomic mass is 35.5. The summed E-state index contributed by atoms with van der Waals surface area (Å²) >= 11 is 5.90. The van der Waals surface area contributed by atoms with Gasteiger partial charge in [0, 0.05) is 39.4 Å². The van der Waals surface area contributed by atoms with Gasteiger partial charge in [0.1, 0.15) is 0 Å². The zero-order valence-corrected chi connectivity index (χ0v) is 11.1. The first-order valence-corrected chi connectivity index (χ1v) is 6.32. The van der Waals surface area contributed by atoms with Crippen molar-refractivity contribution in [3.8, 4) is 0 Å². The van der Waals surface area contributed by atoms with Gasteiger partial charge in [0.25, 0.3) is 5.91 Å². The minimum absolute atomic E-state index is 0.228. The van der Waals surface area contributed by atoms with Crippen LogP contribution in [0.15, 0.2) is 6.20 Å². The van der Waals surface area contributed by atoms with Crippen molar-refractivity contribution >= 4 is 17.5 Å². The van der Waals surface area contributed by atoms with Gasteiger partial charge in [-0.05, 0) is 0 Å². The van der Waals surface area contributed by atoms with Crippen LogP contribution in [0.5, 0.6) is 0 Å². The molecule has 1 amide bonds. The summed E-state index contributed by atoms with van der Waals surface area (Å²) in [5.41, 5.74) is 0.279. The summed E-state index contributed by atoms with van der Waals surface area (Å²) in [5.74, 6) is -0.228. The van der Waals surface area contributed by atoms with Crippen LogP contribution in [0.25, 0.3) is 0 Å². The van der Waals surface area contributed by atoms with Crippen molar-refractivity contribution < 1.29 is 9.53 Å². The molecule has 1 N–H and O–H groups in total. The van der Waals surface area contributed by atoms with Gasteiger partial charge in [-0.3, -0.25) is 14.4 Å². The number of carbonyl (C=O) groups is 1. The van der Waals surface area contributed by atoms with E-state index >= 15 is 0 Å². The van der Waals surface area contributed by atoms with Gasteiger partial charge in [-0.1, -0.05) is 11.6 Å². The summed E-state index contributed by atoms with van der Waals surface area (Å²) in [6.45, 7) is 4.77. The van der Waals surface area contributed by atoms with Crippen molar-refractivity contribution in [2.24, 2.45) is 7.05 Å². The van der Waals surface area contributed by atoms with E-state index in [2.05, 4.69) is 15.3 Å². The molecule has 1 saturated heterocycles. The molecule has 0 saturated carbocycles. The zero-order chi connectivity index (χ0) is 13.0. The molecule has 0 atom stereocenters. The van der Waals surface area contributed by atoms with E-state index in [4.69, 9.17) is 16.3 Å². The number of morpholine rings is 1. The topological polar surface area (TPSA) is 59.4 Å². The van der Waals surface area contributed by atoms with E-state index in [9.17, 15) is 4.79 Å². The van der Waals surface area contributed by atoms with Crippen molar-refractivity contribution in [3.63, 3.8) is 0 Å². The lowest BCUT2D eigenvalue weighted by Gasteiger charge is -2.26. The summed E-state index contributed by atoms with van der Waals surface area (Å²) in [7, 11) is 1.73. The molecular formula is C11H17ClN4O2. The number of amides is 1. The standard InChI is InChI=1S/C11H17ClN4O2/c1-15-8-9(12)10(14-15)11(17)13-2-3-16-4-6-18-7-5-16/h8H,2-7H2,1H3,(H,13,17). The molecule has 0 spiro atoms. The maximum Gasteiger partial charge on any atom is 0.273 e. The van der Waals surface area contributed by atoms with Crippen LogP contribution in [-0.4, -0.2) is 60.0 Å². The Balaban J connectivity index is 1.76. The predicted molar refractivity (Wildman–Crippen MR) is 67.8 cm³/mol. The van der Waals surface area contributed by atoms with Crippen LogP contribution < -0.4 is 5.32 Å². The molecule has 2 rings (SSSR count). The minimum Gasteiger partial charge on any atom is -0.379 e. The third-order valence-electron chi connectivity index (χ3n) is 2.82. The number of carbonyl (C=O) groups excluding carboxylic acids is 1. The van der Waals surface area contributed by atoms with Crippen LogP contribution in [0.1, 0.15) is 10.5 Å². The Morgan fingerprint density at radius 2 is 2.28 bits per heavy atom. The first kappa shape index (κ1) is 13.3. The molecule has 1 aliphatic heterocycles. The average Bonchev–Trinajstić information content (AvgIpc) is 2.70. The van der Waals surface area contributed by atoms with E-state index in [0.717, 1.165) is 32.8 Å². The summed E-state index contributed by atoms with van der Waals surface area (Å²) in [6.07, 6.45) is 1.61. The van der Waals surface area contributed by atoms with Crippen molar-refractivity contribution in [2.75, 3.05) is 39.4 Å². The van der Waals surface area contributed by atoms with Gasteiger partial charge in [-0.25, -0.2) is 0 Å². The normalized spacial score (nSPS) is 16.8. The molecule has 0 aliphatic carbocycles. The molecule has 0 unspecified atom stereocenters. The number of ether oxygens (including phenoxy) is 1. The van der Waals surface area contributed by atoms with Crippen LogP contribution in [-0.2, 0) is 11.8 Å². The highest BCUT2D eigenvalue weighted by molar-refractivity contribution is 6.33. The second-order valence-corrected chi connectivity index (χ2v) is 4.62. The predicted octanol–water partition coefficient (Wildman–Crippen LogP) is 0.135. The molecule has 1 aromatic rings. The van der Waals surface area contributed by atoms with E-state index in [-0.39, 0.29) is 11.6 Å². The number of aryl methyl sites for hydroxylation is 1. The molecular weight excluding hydrogens is 256 g/mol. The Bertz CT molecular complexity index is 415. The number of rotatable bonds is 4. The molecule has 0 radical (unpaired) electrons. The quantitative estimate of drug-likeness (QED) is 0.847. The van der Waals surface area contributed by atoms with Crippen molar-refractivity contribution in [2.45, 2.75) is 0 Å². The zero-order valence-electron chi connectivity index (χ0n) is 10.4. The number of halogens is 1. The fourth-order valence-electron chi connectivity index (χ4n) is 1.85. The highest BCUT2D eigenvalue weighted by Crippen LogP contribution is 2.12. The van der Waals surface area contributed by atoms with Crippen LogP contribution in [0.3, 0.4) is 0 Å². The molecule has 6 nitrogen and oxygen atoms in total. The molecule has 2 heterocycles. The Kier molecular flexibility index (Phi) is 4.57. The van der Waals surface area contributed by atoms with E-state index < -0.39 is 0 Å². The Morgan fingerprint density at radius 3 is 2.89 bits per heavy atom.